The predicted octanol–water partition coefficient (Wildman–Crippen LogP) is 5.50. The van der Waals surface area contributed by atoms with Gasteiger partial charge in [0, 0.05) is 10.3 Å². The Kier molecular flexibility index (Phi) is 4.83. The van der Waals surface area contributed by atoms with Gasteiger partial charge in [0.05, 0.1) is 20.5 Å². The van der Waals surface area contributed by atoms with Crippen molar-refractivity contribution in [1.82, 2.24) is 4.98 Å². The average Bonchev–Trinajstić information content (AvgIpc) is 3.16. The molecule has 2 aromatic heterocycles. The van der Waals surface area contributed by atoms with Crippen molar-refractivity contribution in [2.24, 2.45) is 0 Å². The lowest BCUT2D eigenvalue weighted by molar-refractivity contribution is 0.102. The molecule has 0 radical (unpaired) electrons. The Labute approximate surface area is 145 Å². The topological polar surface area (TPSA) is 42.0 Å². The summed E-state index contributed by atoms with van der Waals surface area (Å²) in [7, 11) is 0. The van der Waals surface area contributed by atoms with E-state index in [1.165, 1.54) is 22.7 Å². The van der Waals surface area contributed by atoms with Gasteiger partial charge in [-0.05, 0) is 30.5 Å². The zero-order valence-electron chi connectivity index (χ0n) is 11.5. The Balaban J connectivity index is 1.79. The Morgan fingerprint density at radius 3 is 2.82 bits per heavy atom. The molecule has 0 saturated carbocycles. The number of carbonyl (C=O) groups is 1. The molecule has 0 atom stereocenters. The van der Waals surface area contributed by atoms with Crippen LogP contribution in [0.1, 0.15) is 10.4 Å². The second-order valence-electron chi connectivity index (χ2n) is 4.30. The molecule has 0 saturated heterocycles. The number of hydrogen-bond acceptors (Lipinski definition) is 5. The quantitative estimate of drug-likeness (QED) is 0.620. The van der Waals surface area contributed by atoms with Gasteiger partial charge in [0.15, 0.2) is 5.13 Å². The summed E-state index contributed by atoms with van der Waals surface area (Å²) in [5.41, 5.74) is 1.49. The van der Waals surface area contributed by atoms with Crippen LogP contribution in [0.5, 0.6) is 0 Å². The van der Waals surface area contributed by atoms with E-state index < -0.39 is 0 Å². The van der Waals surface area contributed by atoms with Crippen molar-refractivity contribution >= 4 is 57.1 Å². The van der Waals surface area contributed by atoms with Crippen LogP contribution in [-0.4, -0.2) is 17.1 Å². The van der Waals surface area contributed by atoms with Crippen LogP contribution in [0.15, 0.2) is 46.7 Å². The van der Waals surface area contributed by atoms with E-state index in [1.807, 2.05) is 48.0 Å². The zero-order valence-corrected chi connectivity index (χ0v) is 14.7. The largest absolute Gasteiger partial charge is 0.298 e. The summed E-state index contributed by atoms with van der Waals surface area (Å²) in [5.74, 6) is -0.143. The van der Waals surface area contributed by atoms with Crippen molar-refractivity contribution in [1.29, 1.82) is 0 Å². The van der Waals surface area contributed by atoms with E-state index in [2.05, 4.69) is 10.3 Å². The molecule has 1 N–H and O–H groups in total. The molecule has 22 heavy (non-hydrogen) atoms. The number of halogens is 1. The lowest BCUT2D eigenvalue weighted by Gasteiger charge is -2.06. The summed E-state index contributed by atoms with van der Waals surface area (Å²) in [6.45, 7) is 0. The molecule has 7 heteroatoms. The highest BCUT2D eigenvalue weighted by Crippen LogP contribution is 2.33. The second kappa shape index (κ2) is 6.83. The third-order valence-electron chi connectivity index (χ3n) is 2.90. The maximum absolute atomic E-state index is 12.4. The van der Waals surface area contributed by atoms with E-state index in [-0.39, 0.29) is 5.91 Å². The maximum Gasteiger partial charge on any atom is 0.258 e. The minimum absolute atomic E-state index is 0.143. The van der Waals surface area contributed by atoms with Crippen LogP contribution in [0.25, 0.3) is 10.6 Å². The van der Waals surface area contributed by atoms with Gasteiger partial charge in [0.2, 0.25) is 0 Å². The molecular weight excluding hydrogens is 356 g/mol. The number of thiophene rings is 1. The Hall–Kier alpha value is -1.34. The van der Waals surface area contributed by atoms with Gasteiger partial charge in [0.1, 0.15) is 0 Å². The Morgan fingerprint density at radius 2 is 2.09 bits per heavy atom. The highest BCUT2D eigenvalue weighted by molar-refractivity contribution is 7.98. The van der Waals surface area contributed by atoms with E-state index in [4.69, 9.17) is 11.6 Å². The summed E-state index contributed by atoms with van der Waals surface area (Å²) in [4.78, 5) is 18.8. The van der Waals surface area contributed by atoms with E-state index in [1.54, 1.807) is 11.8 Å². The Morgan fingerprint density at radius 1 is 1.27 bits per heavy atom. The number of hydrogen-bond donors (Lipinski definition) is 1. The van der Waals surface area contributed by atoms with Crippen LogP contribution in [0, 0.1) is 0 Å². The van der Waals surface area contributed by atoms with Crippen molar-refractivity contribution in [2.75, 3.05) is 11.6 Å². The smallest absolute Gasteiger partial charge is 0.258 e. The normalized spacial score (nSPS) is 10.6. The molecule has 0 aliphatic carbocycles. The number of aromatic nitrogens is 1. The molecule has 0 unspecified atom stereocenters. The van der Waals surface area contributed by atoms with Crippen LogP contribution in [0.4, 0.5) is 5.13 Å². The van der Waals surface area contributed by atoms with Crippen LogP contribution in [-0.2, 0) is 0 Å². The predicted molar refractivity (Wildman–Crippen MR) is 96.6 cm³/mol. The molecule has 1 amide bonds. The van der Waals surface area contributed by atoms with E-state index in [0.29, 0.717) is 10.7 Å². The van der Waals surface area contributed by atoms with Crippen molar-refractivity contribution in [3.8, 4) is 10.6 Å². The fourth-order valence-electron chi connectivity index (χ4n) is 1.89. The summed E-state index contributed by atoms with van der Waals surface area (Å²) in [6, 6.07) is 11.3. The van der Waals surface area contributed by atoms with Gasteiger partial charge in [-0.15, -0.1) is 34.4 Å². The third kappa shape index (κ3) is 3.35. The average molecular weight is 367 g/mol. The van der Waals surface area contributed by atoms with E-state index >= 15 is 0 Å². The van der Waals surface area contributed by atoms with Crippen LogP contribution in [0.2, 0.25) is 4.34 Å². The number of anilines is 1. The summed E-state index contributed by atoms with van der Waals surface area (Å²) in [6.07, 6.45) is 1.95. The summed E-state index contributed by atoms with van der Waals surface area (Å²) in [5, 5.41) is 5.36. The van der Waals surface area contributed by atoms with Crippen molar-refractivity contribution < 1.29 is 4.79 Å². The van der Waals surface area contributed by atoms with E-state index in [9.17, 15) is 4.79 Å². The standard InChI is InChI=1S/C15H11ClN2OS3/c1-20-11-5-3-2-4-9(11)14(19)18-15-17-10(8-21-15)12-6-7-13(16)22-12/h2-8H,1H3,(H,17,18,19). The molecule has 1 aromatic carbocycles. The number of nitrogens with zero attached hydrogens (tertiary/aromatic N) is 1. The molecule has 0 aliphatic heterocycles. The van der Waals surface area contributed by atoms with Crippen molar-refractivity contribution in [2.45, 2.75) is 4.90 Å². The zero-order chi connectivity index (χ0) is 15.5. The number of benzene rings is 1. The number of nitrogens with one attached hydrogen (secondary N) is 1. The van der Waals surface area contributed by atoms with Gasteiger partial charge in [0.25, 0.3) is 5.91 Å². The van der Waals surface area contributed by atoms with Crippen LogP contribution < -0.4 is 5.32 Å². The highest BCUT2D eigenvalue weighted by atomic mass is 35.5. The fourth-order valence-corrected chi connectivity index (χ4v) is 4.27. The molecule has 0 bridgehead atoms. The monoisotopic (exact) mass is 366 g/mol. The maximum atomic E-state index is 12.4. The first-order valence-electron chi connectivity index (χ1n) is 6.33. The first kappa shape index (κ1) is 15.6. The number of thiazole rings is 1. The number of rotatable bonds is 4. The SMILES string of the molecule is CSc1ccccc1C(=O)Nc1nc(-c2ccc(Cl)s2)cs1. The minimum atomic E-state index is -0.143. The van der Waals surface area contributed by atoms with Crippen molar-refractivity contribution in [3.05, 3.63) is 51.7 Å². The number of amides is 1. The molecule has 2 heterocycles. The van der Waals surface area contributed by atoms with Crippen molar-refractivity contribution in [3.63, 3.8) is 0 Å². The summed E-state index contributed by atoms with van der Waals surface area (Å²) >= 11 is 10.4. The first-order valence-corrected chi connectivity index (χ1v) is 9.63. The van der Waals surface area contributed by atoms with Gasteiger partial charge in [-0.1, -0.05) is 23.7 Å². The first-order chi connectivity index (χ1) is 10.7. The fraction of sp³-hybridized carbons (Fsp3) is 0.0667. The molecular formula is C15H11ClN2OS3. The lowest BCUT2D eigenvalue weighted by Crippen LogP contribution is -2.12. The third-order valence-corrected chi connectivity index (χ3v) is 5.71. The molecule has 3 rings (SSSR count). The van der Waals surface area contributed by atoms with Gasteiger partial charge in [-0.3, -0.25) is 10.1 Å². The van der Waals surface area contributed by atoms with E-state index in [0.717, 1.165) is 19.8 Å². The Bertz CT molecular complexity index is 812. The molecule has 112 valence electrons. The van der Waals surface area contributed by atoms with Crippen LogP contribution in [0.3, 0.4) is 0 Å². The summed E-state index contributed by atoms with van der Waals surface area (Å²) < 4.78 is 0.725. The molecule has 3 nitrogen and oxygen atoms in total. The van der Waals surface area contributed by atoms with Crippen LogP contribution >= 0.6 is 46.0 Å². The van der Waals surface area contributed by atoms with Gasteiger partial charge < -0.3 is 0 Å². The lowest BCUT2D eigenvalue weighted by atomic mass is 10.2. The molecule has 3 aromatic rings. The van der Waals surface area contributed by atoms with Gasteiger partial charge >= 0.3 is 0 Å². The molecule has 0 spiro atoms. The molecule has 0 aliphatic rings. The molecule has 0 fully saturated rings. The second-order valence-corrected chi connectivity index (χ2v) is 7.72. The van der Waals surface area contributed by atoms with Gasteiger partial charge in [-0.2, -0.15) is 0 Å². The highest BCUT2D eigenvalue weighted by Gasteiger charge is 2.13. The minimum Gasteiger partial charge on any atom is -0.298 e. The number of carbonyl (C=O) groups excluding carboxylic acids is 1. The van der Waals surface area contributed by atoms with Gasteiger partial charge in [-0.25, -0.2) is 4.98 Å². The number of thioether (sulfide) groups is 1.